The van der Waals surface area contributed by atoms with Gasteiger partial charge >= 0.3 is 0 Å². The maximum atomic E-state index is 9.48. The van der Waals surface area contributed by atoms with Crippen molar-refractivity contribution in [2.24, 2.45) is 0 Å². The van der Waals surface area contributed by atoms with Gasteiger partial charge in [-0.05, 0) is 19.1 Å². The minimum atomic E-state index is 0.677. The van der Waals surface area contributed by atoms with Crippen molar-refractivity contribution < 1.29 is 5.21 Å². The van der Waals surface area contributed by atoms with E-state index in [9.17, 15) is 5.21 Å². The van der Waals surface area contributed by atoms with Gasteiger partial charge in [0.2, 0.25) is 0 Å². The monoisotopic (exact) mass is 200 g/mol. The molecule has 1 heterocycles. The zero-order valence-electron chi connectivity index (χ0n) is 8.46. The molecule has 0 amide bonds. The third kappa shape index (κ3) is 1.91. The molecule has 0 aliphatic rings. The summed E-state index contributed by atoms with van der Waals surface area (Å²) in [6, 6.07) is 11.6. The lowest BCUT2D eigenvalue weighted by Crippen LogP contribution is -1.94. The van der Waals surface area contributed by atoms with Crippen LogP contribution in [0.2, 0.25) is 0 Å². The number of aromatic nitrogens is 2. The zero-order chi connectivity index (χ0) is 10.7. The van der Waals surface area contributed by atoms with E-state index in [1.54, 1.807) is 6.08 Å². The predicted molar refractivity (Wildman–Crippen MR) is 59.6 cm³/mol. The van der Waals surface area contributed by atoms with Gasteiger partial charge in [-0.3, -0.25) is 0 Å². The molecule has 0 saturated carbocycles. The molecule has 0 atom stereocenters. The molecule has 0 radical (unpaired) electrons. The summed E-state index contributed by atoms with van der Waals surface area (Å²) >= 11 is 0. The molecule has 1 N–H and O–H groups in total. The van der Waals surface area contributed by atoms with Crippen LogP contribution in [-0.2, 0) is 0 Å². The molecule has 0 spiro atoms. The first-order chi connectivity index (χ1) is 7.31. The fraction of sp³-hybridized carbons (Fsp3) is 0.0833. The van der Waals surface area contributed by atoms with Crippen molar-refractivity contribution in [2.75, 3.05) is 0 Å². The van der Waals surface area contributed by atoms with Gasteiger partial charge in [0.15, 0.2) is 0 Å². The van der Waals surface area contributed by atoms with Crippen LogP contribution in [0.15, 0.2) is 42.5 Å². The van der Waals surface area contributed by atoms with E-state index in [0.717, 1.165) is 16.1 Å². The van der Waals surface area contributed by atoms with Crippen molar-refractivity contribution in [1.29, 1.82) is 0 Å². The van der Waals surface area contributed by atoms with E-state index < -0.39 is 0 Å². The third-order valence-electron chi connectivity index (χ3n) is 2.12. The fourth-order valence-corrected chi connectivity index (χ4v) is 1.42. The Morgan fingerprint density at radius 3 is 2.67 bits per heavy atom. The lowest BCUT2D eigenvalue weighted by atomic mass is 10.1. The Morgan fingerprint density at radius 1 is 1.27 bits per heavy atom. The standard InChI is InChI=1S/C12H12N2O/c1-2-6-11-9-12(13-14(11)15)10-7-4-3-5-8-10/h2-9,15H,1H3/b6-2-. The molecule has 0 fully saturated rings. The Labute approximate surface area is 88.2 Å². The van der Waals surface area contributed by atoms with Crippen molar-refractivity contribution >= 4 is 6.08 Å². The van der Waals surface area contributed by atoms with Crippen LogP contribution in [0.5, 0.6) is 0 Å². The van der Waals surface area contributed by atoms with E-state index in [0.29, 0.717) is 5.69 Å². The van der Waals surface area contributed by atoms with Crippen molar-refractivity contribution in [3.05, 3.63) is 48.2 Å². The molecule has 3 nitrogen and oxygen atoms in total. The van der Waals surface area contributed by atoms with E-state index in [1.165, 1.54) is 0 Å². The van der Waals surface area contributed by atoms with Crippen LogP contribution in [0.1, 0.15) is 12.6 Å². The highest BCUT2D eigenvalue weighted by Gasteiger charge is 2.05. The average molecular weight is 200 g/mol. The van der Waals surface area contributed by atoms with Gasteiger partial charge in [0.1, 0.15) is 5.69 Å². The number of allylic oxidation sites excluding steroid dienone is 1. The first kappa shape index (κ1) is 9.52. The Morgan fingerprint density at radius 2 is 2.00 bits per heavy atom. The average Bonchev–Trinajstić information content (AvgIpc) is 2.63. The summed E-state index contributed by atoms with van der Waals surface area (Å²) in [5.74, 6) is 0. The second kappa shape index (κ2) is 4.00. The second-order valence-electron chi connectivity index (χ2n) is 3.21. The molecule has 0 aliphatic heterocycles. The molecule has 0 aliphatic carbocycles. The van der Waals surface area contributed by atoms with Gasteiger partial charge in [-0.15, -0.1) is 9.94 Å². The Hall–Kier alpha value is -2.03. The molecule has 0 saturated heterocycles. The molecule has 1 aromatic heterocycles. The molecule has 76 valence electrons. The van der Waals surface area contributed by atoms with Crippen LogP contribution < -0.4 is 0 Å². The number of nitrogens with zero attached hydrogens (tertiary/aromatic N) is 2. The van der Waals surface area contributed by atoms with Crippen LogP contribution in [0.25, 0.3) is 17.3 Å². The molecular formula is C12H12N2O. The summed E-state index contributed by atoms with van der Waals surface area (Å²) in [4.78, 5) is 0.891. The third-order valence-corrected chi connectivity index (χ3v) is 2.12. The van der Waals surface area contributed by atoms with E-state index in [-0.39, 0.29) is 0 Å². The molecule has 0 unspecified atom stereocenters. The topological polar surface area (TPSA) is 38.0 Å². The van der Waals surface area contributed by atoms with Crippen LogP contribution in [-0.4, -0.2) is 15.2 Å². The number of benzene rings is 1. The molecule has 1 aromatic carbocycles. The quantitative estimate of drug-likeness (QED) is 0.757. The van der Waals surface area contributed by atoms with Crippen LogP contribution in [0.4, 0.5) is 0 Å². The highest BCUT2D eigenvalue weighted by Crippen LogP contribution is 2.18. The number of hydrogen-bond acceptors (Lipinski definition) is 2. The van der Waals surface area contributed by atoms with Gasteiger partial charge in [0.05, 0.1) is 5.69 Å². The second-order valence-corrected chi connectivity index (χ2v) is 3.21. The summed E-state index contributed by atoms with van der Waals surface area (Å²) in [6.07, 6.45) is 3.66. The summed E-state index contributed by atoms with van der Waals surface area (Å²) < 4.78 is 0. The minimum Gasteiger partial charge on any atom is -0.411 e. The molecule has 0 bridgehead atoms. The summed E-state index contributed by atoms with van der Waals surface area (Å²) in [5.41, 5.74) is 2.44. The zero-order valence-corrected chi connectivity index (χ0v) is 8.46. The van der Waals surface area contributed by atoms with E-state index in [2.05, 4.69) is 5.10 Å². The van der Waals surface area contributed by atoms with Crippen LogP contribution in [0, 0.1) is 0 Å². The van der Waals surface area contributed by atoms with E-state index in [1.807, 2.05) is 49.4 Å². The first-order valence-corrected chi connectivity index (χ1v) is 4.78. The normalized spacial score (nSPS) is 11.0. The van der Waals surface area contributed by atoms with Crippen LogP contribution >= 0.6 is 0 Å². The van der Waals surface area contributed by atoms with Crippen molar-refractivity contribution in [3.63, 3.8) is 0 Å². The molecule has 15 heavy (non-hydrogen) atoms. The highest BCUT2D eigenvalue weighted by atomic mass is 16.5. The van der Waals surface area contributed by atoms with Crippen LogP contribution in [0.3, 0.4) is 0 Å². The minimum absolute atomic E-state index is 0.677. The van der Waals surface area contributed by atoms with Crippen molar-refractivity contribution in [2.45, 2.75) is 6.92 Å². The van der Waals surface area contributed by atoms with Gasteiger partial charge in [-0.2, -0.15) is 0 Å². The van der Waals surface area contributed by atoms with E-state index >= 15 is 0 Å². The smallest absolute Gasteiger partial charge is 0.103 e. The summed E-state index contributed by atoms with van der Waals surface area (Å²) in [7, 11) is 0. The lowest BCUT2D eigenvalue weighted by molar-refractivity contribution is 0.147. The first-order valence-electron chi connectivity index (χ1n) is 4.78. The van der Waals surface area contributed by atoms with Gasteiger partial charge in [-0.25, -0.2) is 0 Å². The van der Waals surface area contributed by atoms with Gasteiger partial charge in [0, 0.05) is 5.56 Å². The molecular weight excluding hydrogens is 188 g/mol. The van der Waals surface area contributed by atoms with Gasteiger partial charge in [-0.1, -0.05) is 36.4 Å². The van der Waals surface area contributed by atoms with Gasteiger partial charge < -0.3 is 5.21 Å². The maximum absolute atomic E-state index is 9.48. The molecule has 2 rings (SSSR count). The summed E-state index contributed by atoms with van der Waals surface area (Å²) in [6.45, 7) is 1.90. The maximum Gasteiger partial charge on any atom is 0.103 e. The fourth-order valence-electron chi connectivity index (χ4n) is 1.42. The molecule has 3 heteroatoms. The number of rotatable bonds is 2. The van der Waals surface area contributed by atoms with Crippen molar-refractivity contribution in [1.82, 2.24) is 9.94 Å². The number of hydrogen-bond donors (Lipinski definition) is 1. The predicted octanol–water partition coefficient (Wildman–Crippen LogP) is 2.82. The largest absolute Gasteiger partial charge is 0.411 e. The van der Waals surface area contributed by atoms with Gasteiger partial charge in [0.25, 0.3) is 0 Å². The van der Waals surface area contributed by atoms with E-state index in [4.69, 9.17) is 0 Å². The Kier molecular flexibility index (Phi) is 2.54. The summed E-state index contributed by atoms with van der Waals surface area (Å²) in [5, 5.41) is 13.5. The SMILES string of the molecule is C/C=C\c1cc(-c2ccccc2)nn1O. The highest BCUT2D eigenvalue weighted by molar-refractivity contribution is 5.62. The Bertz CT molecular complexity index is 472. The lowest BCUT2D eigenvalue weighted by Gasteiger charge is -1.92. The van der Waals surface area contributed by atoms with Crippen molar-refractivity contribution in [3.8, 4) is 11.3 Å². The Balaban J connectivity index is 2.43. The molecule has 2 aromatic rings.